The lowest BCUT2D eigenvalue weighted by atomic mass is 9.81. The molecule has 2 aliphatic rings. The number of benzene rings is 2. The van der Waals surface area contributed by atoms with E-state index in [4.69, 9.17) is 33.5 Å². The van der Waals surface area contributed by atoms with Crippen LogP contribution in [0.1, 0.15) is 24.8 Å². The van der Waals surface area contributed by atoms with Crippen LogP contribution >= 0.6 is 0 Å². The monoisotopic (exact) mass is 515 g/mol. The van der Waals surface area contributed by atoms with Crippen molar-refractivity contribution in [2.75, 3.05) is 51.8 Å². The minimum absolute atomic E-state index is 0.0290. The van der Waals surface area contributed by atoms with Gasteiger partial charge in [0.25, 0.3) is 5.91 Å². The average Bonchev–Trinajstić information content (AvgIpc) is 3.38. The van der Waals surface area contributed by atoms with Crippen molar-refractivity contribution in [3.8, 4) is 17.2 Å². The van der Waals surface area contributed by atoms with Crippen LogP contribution in [0.25, 0.3) is 0 Å². The summed E-state index contributed by atoms with van der Waals surface area (Å²) in [5.74, 6) is 0.452. The minimum Gasteiger partial charge on any atom is -0.506 e. The smallest absolute Gasteiger partial charge is 0.290 e. The molecule has 4 rings (SSSR count). The van der Waals surface area contributed by atoms with Crippen LogP contribution in [-0.4, -0.2) is 68.8 Å². The average molecular weight is 516 g/mol. The number of carbonyl (C=O) groups excluding carboxylic acids is 1. The number of phenols is 1. The predicted octanol–water partition coefficient (Wildman–Crippen LogP) is 3.15. The SMILES string of the molecule is CCO[C@H]1OC(C(=O)Nc2ccccc2O)=C[C@@H](c2ccc3c(c2)OCO3)[C@H]1CCOCCOCCO. The molecule has 37 heavy (non-hydrogen) atoms. The molecule has 2 heterocycles. The number of ether oxygens (including phenoxy) is 6. The first-order chi connectivity index (χ1) is 18.1. The highest BCUT2D eigenvalue weighted by Crippen LogP contribution is 2.42. The Morgan fingerprint density at radius 1 is 1.05 bits per heavy atom. The zero-order valence-corrected chi connectivity index (χ0v) is 20.8. The summed E-state index contributed by atoms with van der Waals surface area (Å²) in [7, 11) is 0. The number of para-hydroxylation sites is 2. The van der Waals surface area contributed by atoms with Gasteiger partial charge in [0, 0.05) is 25.0 Å². The number of nitrogens with one attached hydrogen (secondary N) is 1. The lowest BCUT2D eigenvalue weighted by Crippen LogP contribution is -2.38. The Hall–Kier alpha value is -3.31. The fourth-order valence-corrected chi connectivity index (χ4v) is 4.31. The maximum absolute atomic E-state index is 13.2. The Morgan fingerprint density at radius 2 is 1.84 bits per heavy atom. The van der Waals surface area contributed by atoms with Crippen molar-refractivity contribution in [3.63, 3.8) is 0 Å². The normalized spacial score (nSPS) is 20.3. The fourth-order valence-electron chi connectivity index (χ4n) is 4.31. The van der Waals surface area contributed by atoms with Gasteiger partial charge in [-0.2, -0.15) is 0 Å². The molecule has 2 aromatic carbocycles. The van der Waals surface area contributed by atoms with Crippen LogP contribution in [0.15, 0.2) is 54.3 Å². The van der Waals surface area contributed by atoms with Gasteiger partial charge >= 0.3 is 0 Å². The van der Waals surface area contributed by atoms with Crippen molar-refractivity contribution < 1.29 is 43.4 Å². The lowest BCUT2D eigenvalue weighted by Gasteiger charge is -2.37. The molecule has 0 aliphatic carbocycles. The molecule has 10 nitrogen and oxygen atoms in total. The third kappa shape index (κ3) is 6.92. The molecule has 2 aliphatic heterocycles. The third-order valence-corrected chi connectivity index (χ3v) is 6.08. The molecule has 0 saturated heterocycles. The summed E-state index contributed by atoms with van der Waals surface area (Å²) in [5, 5.41) is 21.6. The molecular weight excluding hydrogens is 482 g/mol. The van der Waals surface area contributed by atoms with Crippen LogP contribution < -0.4 is 14.8 Å². The zero-order valence-electron chi connectivity index (χ0n) is 20.8. The summed E-state index contributed by atoms with van der Waals surface area (Å²) in [6.45, 7) is 3.87. The summed E-state index contributed by atoms with van der Waals surface area (Å²) >= 11 is 0. The molecule has 3 N–H and O–H groups in total. The van der Waals surface area contributed by atoms with Gasteiger partial charge in [-0.25, -0.2) is 0 Å². The van der Waals surface area contributed by atoms with E-state index in [1.54, 1.807) is 24.3 Å². The molecule has 0 radical (unpaired) electrons. The molecular formula is C27H33NO9. The highest BCUT2D eigenvalue weighted by atomic mass is 16.7. The predicted molar refractivity (Wildman–Crippen MR) is 133 cm³/mol. The number of amides is 1. The Labute approximate surface area is 215 Å². The number of phenolic OH excluding ortho intramolecular Hbond substituents is 1. The number of carbonyl (C=O) groups is 1. The van der Waals surface area contributed by atoms with Gasteiger partial charge in [-0.3, -0.25) is 4.79 Å². The van der Waals surface area contributed by atoms with E-state index in [0.29, 0.717) is 44.3 Å². The second-order valence-corrected chi connectivity index (χ2v) is 8.48. The standard InChI is InChI=1S/C27H33NO9/c1-2-34-27-19(9-11-32-13-14-33-12-10-29)20(18-7-8-23-24(15-18)36-17-35-23)16-25(37-27)26(31)28-21-5-3-4-6-22(21)30/h3-8,15-16,19-20,27,29-30H,2,9-14,17H2,1H3,(H,28,31)/t19-,20+,27+/m1/s1. The van der Waals surface area contributed by atoms with E-state index in [1.807, 2.05) is 25.1 Å². The number of hydrogen-bond acceptors (Lipinski definition) is 9. The number of fused-ring (bicyclic) bond motifs is 1. The summed E-state index contributed by atoms with van der Waals surface area (Å²) in [4.78, 5) is 13.2. The molecule has 0 saturated carbocycles. The number of aliphatic hydroxyl groups excluding tert-OH is 1. The zero-order chi connectivity index (χ0) is 26.0. The second kappa shape index (κ2) is 13.3. The molecule has 0 bridgehead atoms. The number of aliphatic hydroxyl groups is 1. The van der Waals surface area contributed by atoms with Gasteiger partial charge in [-0.15, -0.1) is 0 Å². The van der Waals surface area contributed by atoms with Crippen LogP contribution in [0.5, 0.6) is 17.2 Å². The van der Waals surface area contributed by atoms with Crippen LogP contribution in [-0.2, 0) is 23.7 Å². The number of aromatic hydroxyl groups is 1. The number of hydrogen-bond donors (Lipinski definition) is 3. The number of anilines is 1. The maximum Gasteiger partial charge on any atom is 0.290 e. The van der Waals surface area contributed by atoms with Crippen molar-refractivity contribution in [3.05, 3.63) is 59.9 Å². The molecule has 200 valence electrons. The van der Waals surface area contributed by atoms with Gasteiger partial charge in [0.05, 0.1) is 32.1 Å². The third-order valence-electron chi connectivity index (χ3n) is 6.08. The Balaban J connectivity index is 1.56. The Kier molecular flexibility index (Phi) is 9.61. The van der Waals surface area contributed by atoms with Gasteiger partial charge in [0.1, 0.15) is 5.75 Å². The van der Waals surface area contributed by atoms with Crippen LogP contribution in [0.2, 0.25) is 0 Å². The molecule has 3 atom stereocenters. The molecule has 0 aromatic heterocycles. The van der Waals surface area contributed by atoms with Crippen molar-refractivity contribution in [2.24, 2.45) is 5.92 Å². The van der Waals surface area contributed by atoms with E-state index < -0.39 is 12.2 Å². The van der Waals surface area contributed by atoms with E-state index in [9.17, 15) is 9.90 Å². The Bertz CT molecular complexity index is 1070. The highest BCUT2D eigenvalue weighted by molar-refractivity contribution is 6.03. The molecule has 0 unspecified atom stereocenters. The first-order valence-electron chi connectivity index (χ1n) is 12.4. The molecule has 10 heteroatoms. The summed E-state index contributed by atoms with van der Waals surface area (Å²) < 4.78 is 34.0. The summed E-state index contributed by atoms with van der Waals surface area (Å²) in [6.07, 6.45) is 1.66. The maximum atomic E-state index is 13.2. The van der Waals surface area contributed by atoms with Gasteiger partial charge < -0.3 is 44.0 Å². The summed E-state index contributed by atoms with van der Waals surface area (Å²) in [5.41, 5.74) is 1.20. The van der Waals surface area contributed by atoms with Crippen molar-refractivity contribution in [1.82, 2.24) is 0 Å². The first-order valence-corrected chi connectivity index (χ1v) is 12.4. The minimum atomic E-state index is -0.704. The largest absolute Gasteiger partial charge is 0.506 e. The van der Waals surface area contributed by atoms with E-state index in [1.165, 1.54) is 6.07 Å². The van der Waals surface area contributed by atoms with E-state index in [-0.39, 0.29) is 49.0 Å². The van der Waals surface area contributed by atoms with E-state index in [2.05, 4.69) is 5.32 Å². The van der Waals surface area contributed by atoms with Crippen LogP contribution in [0, 0.1) is 5.92 Å². The molecule has 0 fully saturated rings. The number of rotatable bonds is 13. The van der Waals surface area contributed by atoms with Gasteiger partial charge in [-0.1, -0.05) is 18.2 Å². The van der Waals surface area contributed by atoms with E-state index in [0.717, 1.165) is 5.56 Å². The van der Waals surface area contributed by atoms with Crippen LogP contribution in [0.4, 0.5) is 5.69 Å². The van der Waals surface area contributed by atoms with Crippen molar-refractivity contribution in [1.29, 1.82) is 0 Å². The summed E-state index contributed by atoms with van der Waals surface area (Å²) in [6, 6.07) is 12.2. The van der Waals surface area contributed by atoms with Gasteiger partial charge in [-0.05, 0) is 49.2 Å². The lowest BCUT2D eigenvalue weighted by molar-refractivity contribution is -0.166. The topological polar surface area (TPSA) is 125 Å². The van der Waals surface area contributed by atoms with Gasteiger partial charge in [0.2, 0.25) is 13.1 Å². The highest BCUT2D eigenvalue weighted by Gasteiger charge is 2.38. The first kappa shape index (κ1) is 26.7. The van der Waals surface area contributed by atoms with E-state index >= 15 is 0 Å². The second-order valence-electron chi connectivity index (χ2n) is 8.48. The quantitative estimate of drug-likeness (QED) is 0.272. The number of allylic oxidation sites excluding steroid dienone is 1. The van der Waals surface area contributed by atoms with Gasteiger partial charge in [0.15, 0.2) is 17.3 Å². The molecule has 2 aromatic rings. The van der Waals surface area contributed by atoms with Crippen molar-refractivity contribution in [2.45, 2.75) is 25.6 Å². The Morgan fingerprint density at radius 3 is 2.62 bits per heavy atom. The molecule has 1 amide bonds. The van der Waals surface area contributed by atoms with Crippen LogP contribution in [0.3, 0.4) is 0 Å². The van der Waals surface area contributed by atoms with Crippen molar-refractivity contribution >= 4 is 11.6 Å². The molecule has 0 spiro atoms. The fraction of sp³-hybridized carbons (Fsp3) is 0.444.